The lowest BCUT2D eigenvalue weighted by Gasteiger charge is -2.30. The van der Waals surface area contributed by atoms with Gasteiger partial charge < -0.3 is 19.3 Å². The first-order valence-electron chi connectivity index (χ1n) is 10.0. The van der Waals surface area contributed by atoms with Crippen LogP contribution < -0.4 is 0 Å². The second-order valence-corrected chi connectivity index (χ2v) is 8.60. The van der Waals surface area contributed by atoms with Crippen molar-refractivity contribution in [1.29, 1.82) is 5.53 Å². The minimum Gasteiger partial charge on any atom is -0.445 e. The first-order valence-corrected chi connectivity index (χ1v) is 10.0. The number of likely N-dealkylation sites (tertiary alicyclic amines) is 2. The molecule has 2 saturated heterocycles. The van der Waals surface area contributed by atoms with Crippen LogP contribution in [-0.2, 0) is 20.9 Å². The molecule has 9 heteroatoms. The van der Waals surface area contributed by atoms with Gasteiger partial charge in [-0.25, -0.2) is 15.1 Å². The van der Waals surface area contributed by atoms with Gasteiger partial charge in [0.15, 0.2) is 5.78 Å². The number of ether oxygens (including phenoxy) is 2. The number of amides is 2. The van der Waals surface area contributed by atoms with E-state index in [0.717, 1.165) is 5.56 Å². The molecule has 1 N–H and O–H groups in total. The number of nitrogens with one attached hydrogen (secondary N) is 1. The van der Waals surface area contributed by atoms with Crippen LogP contribution in [0, 0.1) is 11.4 Å². The SMILES string of the molecule is CC(C)(C)OC(=O)N1CC[C@@H]2[C@H]1[C@@H](C(=O)CN=N)CN2C(=O)OCc1ccccc1. The largest absolute Gasteiger partial charge is 0.445 e. The normalized spacial score (nSPS) is 23.1. The minimum atomic E-state index is -0.669. The molecule has 0 bridgehead atoms. The summed E-state index contributed by atoms with van der Waals surface area (Å²) in [6.45, 7) is 5.71. The summed E-state index contributed by atoms with van der Waals surface area (Å²) in [4.78, 5) is 41.2. The first kappa shape index (κ1) is 21.7. The second-order valence-electron chi connectivity index (χ2n) is 8.60. The zero-order valence-electron chi connectivity index (χ0n) is 17.5. The fraction of sp³-hybridized carbons (Fsp3) is 0.571. The topological polar surface area (TPSA) is 112 Å². The molecule has 2 aliphatic rings. The fourth-order valence-corrected chi connectivity index (χ4v) is 4.11. The average Bonchev–Trinajstić information content (AvgIpc) is 3.26. The van der Waals surface area contributed by atoms with Gasteiger partial charge in [-0.1, -0.05) is 30.3 Å². The molecule has 0 radical (unpaired) electrons. The summed E-state index contributed by atoms with van der Waals surface area (Å²) in [6.07, 6.45) is -0.486. The van der Waals surface area contributed by atoms with E-state index in [0.29, 0.717) is 13.0 Å². The molecule has 2 amide bonds. The smallest absolute Gasteiger partial charge is 0.410 e. The van der Waals surface area contributed by atoms with Gasteiger partial charge in [-0.2, -0.15) is 5.11 Å². The highest BCUT2D eigenvalue weighted by Gasteiger charge is 2.55. The van der Waals surface area contributed by atoms with Gasteiger partial charge in [0.2, 0.25) is 0 Å². The third-order valence-corrected chi connectivity index (χ3v) is 5.34. The van der Waals surface area contributed by atoms with E-state index >= 15 is 0 Å². The summed E-state index contributed by atoms with van der Waals surface area (Å²) in [5, 5.41) is 3.20. The predicted octanol–water partition coefficient (Wildman–Crippen LogP) is 3.23. The van der Waals surface area contributed by atoms with Crippen LogP contribution in [0.2, 0.25) is 0 Å². The van der Waals surface area contributed by atoms with E-state index in [1.165, 1.54) is 9.80 Å². The number of rotatable bonds is 5. The Labute approximate surface area is 175 Å². The number of carbonyl (C=O) groups excluding carboxylic acids is 3. The number of hydrogen-bond acceptors (Lipinski definition) is 7. The number of fused-ring (bicyclic) bond motifs is 1. The summed E-state index contributed by atoms with van der Waals surface area (Å²) in [6, 6.07) is 8.50. The van der Waals surface area contributed by atoms with Gasteiger partial charge in [-0.15, -0.1) is 0 Å². The maximum Gasteiger partial charge on any atom is 0.410 e. The predicted molar refractivity (Wildman–Crippen MR) is 107 cm³/mol. The van der Waals surface area contributed by atoms with E-state index in [1.54, 1.807) is 20.8 Å². The van der Waals surface area contributed by atoms with Gasteiger partial charge in [0, 0.05) is 13.1 Å². The number of carbonyl (C=O) groups is 3. The van der Waals surface area contributed by atoms with Crippen LogP contribution in [0.15, 0.2) is 35.4 Å². The zero-order chi connectivity index (χ0) is 21.9. The molecule has 0 spiro atoms. The van der Waals surface area contributed by atoms with Crippen molar-refractivity contribution in [2.24, 2.45) is 11.0 Å². The van der Waals surface area contributed by atoms with Crippen molar-refractivity contribution >= 4 is 18.0 Å². The molecule has 1 aromatic carbocycles. The molecule has 2 aliphatic heterocycles. The molecule has 3 atom stereocenters. The molecule has 0 saturated carbocycles. The zero-order valence-corrected chi connectivity index (χ0v) is 17.5. The highest BCUT2D eigenvalue weighted by atomic mass is 16.6. The standard InChI is InChI=1S/C21H28N4O5/c1-21(2,3)30-20(28)24-10-9-16-18(24)15(17(26)11-23-22)12-25(16)19(27)29-13-14-7-5-4-6-8-14/h4-8,15-16,18,22H,9-13H2,1-3H3/t15-,16-,18-/m1/s1. The van der Waals surface area contributed by atoms with Crippen molar-refractivity contribution in [2.75, 3.05) is 19.6 Å². The van der Waals surface area contributed by atoms with Crippen LogP contribution in [-0.4, -0.2) is 65.1 Å². The van der Waals surface area contributed by atoms with Crippen LogP contribution in [0.1, 0.15) is 32.8 Å². The monoisotopic (exact) mass is 416 g/mol. The Hall–Kier alpha value is -2.97. The Bertz CT molecular complexity index is 807. The summed E-state index contributed by atoms with van der Waals surface area (Å²) < 4.78 is 11.0. The molecule has 0 unspecified atom stereocenters. The first-order chi connectivity index (χ1) is 14.2. The highest BCUT2D eigenvalue weighted by molar-refractivity contribution is 5.86. The summed E-state index contributed by atoms with van der Waals surface area (Å²) in [7, 11) is 0. The van der Waals surface area contributed by atoms with E-state index < -0.39 is 29.7 Å². The van der Waals surface area contributed by atoms with Gasteiger partial charge in [-0.3, -0.25) is 4.79 Å². The van der Waals surface area contributed by atoms with Crippen LogP contribution in [0.3, 0.4) is 0 Å². The molecule has 162 valence electrons. The molecular formula is C21H28N4O5. The van der Waals surface area contributed by atoms with Crippen LogP contribution >= 0.6 is 0 Å². The Balaban J connectivity index is 1.75. The Morgan fingerprint density at radius 1 is 1.13 bits per heavy atom. The molecule has 9 nitrogen and oxygen atoms in total. The molecule has 3 rings (SSSR count). The van der Waals surface area contributed by atoms with Gasteiger partial charge in [-0.05, 0) is 32.8 Å². The number of Topliss-reactive ketones (excluding diaryl/α,β-unsaturated/α-hetero) is 1. The number of ketones is 1. The third kappa shape index (κ3) is 4.77. The lowest BCUT2D eigenvalue weighted by Crippen LogP contribution is -2.47. The van der Waals surface area contributed by atoms with Crippen LogP contribution in [0.5, 0.6) is 0 Å². The van der Waals surface area contributed by atoms with E-state index in [2.05, 4.69) is 5.11 Å². The van der Waals surface area contributed by atoms with Gasteiger partial charge >= 0.3 is 12.2 Å². The summed E-state index contributed by atoms with van der Waals surface area (Å²) in [5.41, 5.74) is 7.22. The molecule has 0 aliphatic carbocycles. The highest BCUT2D eigenvalue weighted by Crippen LogP contribution is 2.37. The maximum atomic E-state index is 12.8. The fourth-order valence-electron chi connectivity index (χ4n) is 4.11. The van der Waals surface area contributed by atoms with Crippen molar-refractivity contribution in [2.45, 2.75) is 51.5 Å². The van der Waals surface area contributed by atoms with Crippen molar-refractivity contribution in [3.05, 3.63) is 35.9 Å². The minimum absolute atomic E-state index is 0.129. The second kappa shape index (κ2) is 8.81. The summed E-state index contributed by atoms with van der Waals surface area (Å²) in [5.74, 6) is -0.891. The van der Waals surface area contributed by atoms with Crippen LogP contribution in [0.4, 0.5) is 9.59 Å². The number of benzene rings is 1. The number of hydrogen-bond donors (Lipinski definition) is 1. The molecule has 2 heterocycles. The van der Waals surface area contributed by atoms with E-state index in [9.17, 15) is 14.4 Å². The molecule has 30 heavy (non-hydrogen) atoms. The lowest BCUT2D eigenvalue weighted by molar-refractivity contribution is -0.122. The van der Waals surface area contributed by atoms with Gasteiger partial charge in [0.25, 0.3) is 0 Å². The average molecular weight is 416 g/mol. The van der Waals surface area contributed by atoms with Gasteiger partial charge in [0.05, 0.1) is 18.0 Å². The third-order valence-electron chi connectivity index (χ3n) is 5.34. The Kier molecular flexibility index (Phi) is 6.38. The molecule has 1 aromatic rings. The quantitative estimate of drug-likeness (QED) is 0.741. The maximum absolute atomic E-state index is 12.8. The molecule has 0 aromatic heterocycles. The molecular weight excluding hydrogens is 388 g/mol. The lowest BCUT2D eigenvalue weighted by atomic mass is 9.95. The Morgan fingerprint density at radius 2 is 1.83 bits per heavy atom. The van der Waals surface area contributed by atoms with E-state index in [1.807, 2.05) is 30.3 Å². The number of nitrogens with zero attached hydrogens (tertiary/aromatic N) is 3. The van der Waals surface area contributed by atoms with Crippen molar-refractivity contribution in [3.63, 3.8) is 0 Å². The van der Waals surface area contributed by atoms with E-state index in [4.69, 9.17) is 15.0 Å². The summed E-state index contributed by atoms with van der Waals surface area (Å²) >= 11 is 0. The Morgan fingerprint density at radius 3 is 2.47 bits per heavy atom. The van der Waals surface area contributed by atoms with Crippen molar-refractivity contribution < 1.29 is 23.9 Å². The van der Waals surface area contributed by atoms with Gasteiger partial charge in [0.1, 0.15) is 18.8 Å². The van der Waals surface area contributed by atoms with Crippen molar-refractivity contribution in [1.82, 2.24) is 9.80 Å². The van der Waals surface area contributed by atoms with Crippen molar-refractivity contribution in [3.8, 4) is 0 Å². The molecule has 2 fully saturated rings. The van der Waals surface area contributed by atoms with Crippen LogP contribution in [0.25, 0.3) is 0 Å². The van der Waals surface area contributed by atoms with E-state index in [-0.39, 0.29) is 31.5 Å².